The fraction of sp³-hybridized carbons (Fsp3) is 0.923. The number of hydrogen-bond donors (Lipinski definition) is 1. The van der Waals surface area contributed by atoms with Crippen LogP contribution in [-0.2, 0) is 19.6 Å². The molecule has 0 aliphatic heterocycles. The lowest BCUT2D eigenvalue weighted by molar-refractivity contribution is -0.128. The molecule has 0 atom stereocenters. The molecular formula is C13H28N2O4S. The summed E-state index contributed by atoms with van der Waals surface area (Å²) in [5.74, 6) is -0.778. The highest BCUT2D eigenvalue weighted by Crippen LogP contribution is 2.06. The molecule has 0 rings (SSSR count). The van der Waals surface area contributed by atoms with E-state index < -0.39 is 10.0 Å². The third-order valence-electron chi connectivity index (χ3n) is 2.71. The maximum Gasteiger partial charge on any atom is 0.238 e. The summed E-state index contributed by atoms with van der Waals surface area (Å²) in [5, 5.41) is 3.20. The second-order valence-corrected chi connectivity index (χ2v) is 7.47. The molecule has 0 aliphatic carbocycles. The van der Waals surface area contributed by atoms with Gasteiger partial charge in [0.2, 0.25) is 15.9 Å². The van der Waals surface area contributed by atoms with Crippen LogP contribution in [0.4, 0.5) is 0 Å². The summed E-state index contributed by atoms with van der Waals surface area (Å²) in [7, 11) is -2.21. The molecule has 6 nitrogen and oxygen atoms in total. The molecule has 0 saturated heterocycles. The molecule has 0 aliphatic rings. The Kier molecular flexibility index (Phi) is 9.00. The Morgan fingerprint density at radius 3 is 2.30 bits per heavy atom. The van der Waals surface area contributed by atoms with Crippen molar-refractivity contribution in [3.8, 4) is 0 Å². The lowest BCUT2D eigenvalue weighted by Gasteiger charge is -2.19. The van der Waals surface area contributed by atoms with Crippen molar-refractivity contribution in [1.82, 2.24) is 9.62 Å². The molecule has 0 fully saturated rings. The number of nitrogens with zero attached hydrogens (tertiary/aromatic N) is 1. The fourth-order valence-corrected chi connectivity index (χ4v) is 2.74. The van der Waals surface area contributed by atoms with Gasteiger partial charge in [-0.25, -0.2) is 12.7 Å². The Labute approximate surface area is 122 Å². The van der Waals surface area contributed by atoms with Crippen molar-refractivity contribution in [3.05, 3.63) is 0 Å². The second kappa shape index (κ2) is 9.31. The number of hydrogen-bond acceptors (Lipinski definition) is 5. The molecule has 0 spiro atoms. The first kappa shape index (κ1) is 19.3. The zero-order chi connectivity index (χ0) is 15.8. The number of ether oxygens (including phenoxy) is 1. The molecule has 1 amide bonds. The minimum atomic E-state index is -3.52. The van der Waals surface area contributed by atoms with E-state index in [1.807, 2.05) is 13.8 Å². The fourth-order valence-electron chi connectivity index (χ4n) is 1.50. The Bertz CT molecular complexity index is 380. The van der Waals surface area contributed by atoms with Crippen LogP contribution in [0.25, 0.3) is 0 Å². The quantitative estimate of drug-likeness (QED) is 0.605. The second-order valence-electron chi connectivity index (χ2n) is 5.35. The topological polar surface area (TPSA) is 75.7 Å². The van der Waals surface area contributed by atoms with Gasteiger partial charge in [0.25, 0.3) is 0 Å². The summed E-state index contributed by atoms with van der Waals surface area (Å²) in [4.78, 5) is 11.6. The zero-order valence-electron chi connectivity index (χ0n) is 13.2. The van der Waals surface area contributed by atoms with Crippen LogP contribution >= 0.6 is 0 Å². The van der Waals surface area contributed by atoms with Gasteiger partial charge >= 0.3 is 0 Å². The highest BCUT2D eigenvalue weighted by Gasteiger charge is 2.24. The Balaban J connectivity index is 3.92. The van der Waals surface area contributed by atoms with Gasteiger partial charge in [0.1, 0.15) is 0 Å². The first-order valence-electron chi connectivity index (χ1n) is 7.00. The van der Waals surface area contributed by atoms with E-state index in [4.69, 9.17) is 4.74 Å². The van der Waals surface area contributed by atoms with Crippen LogP contribution in [0.3, 0.4) is 0 Å². The normalized spacial score (nSPS) is 12.2. The number of amides is 1. The zero-order valence-corrected chi connectivity index (χ0v) is 14.0. The van der Waals surface area contributed by atoms with Crippen LogP contribution < -0.4 is 5.32 Å². The Morgan fingerprint density at radius 1 is 1.20 bits per heavy atom. The number of carbonyl (C=O) groups is 1. The third kappa shape index (κ3) is 7.81. The van der Waals surface area contributed by atoms with Gasteiger partial charge in [-0.2, -0.15) is 0 Å². The van der Waals surface area contributed by atoms with Gasteiger partial charge in [-0.3, -0.25) is 4.79 Å². The van der Waals surface area contributed by atoms with Crippen LogP contribution in [0.15, 0.2) is 0 Å². The van der Waals surface area contributed by atoms with Gasteiger partial charge < -0.3 is 10.1 Å². The standard InChI is InChI=1S/C13H28N2O4S/c1-11(2)13(16)15(5)20(17,18)10-6-8-19-9-7-14-12(3)4/h11-12,14H,6-10H2,1-5H3. The van der Waals surface area contributed by atoms with Gasteiger partial charge in [-0.1, -0.05) is 27.7 Å². The molecule has 0 aromatic carbocycles. The maximum absolute atomic E-state index is 11.9. The molecular weight excluding hydrogens is 280 g/mol. The molecule has 0 bridgehead atoms. The molecule has 20 heavy (non-hydrogen) atoms. The molecule has 0 unspecified atom stereocenters. The highest BCUT2D eigenvalue weighted by atomic mass is 32.2. The first-order chi connectivity index (χ1) is 9.18. The summed E-state index contributed by atoms with van der Waals surface area (Å²) in [6.07, 6.45) is 0.389. The van der Waals surface area contributed by atoms with Crippen molar-refractivity contribution in [1.29, 1.82) is 0 Å². The summed E-state index contributed by atoms with van der Waals surface area (Å²) in [6.45, 7) is 9.14. The predicted molar refractivity (Wildman–Crippen MR) is 80.0 cm³/mol. The van der Waals surface area contributed by atoms with Crippen molar-refractivity contribution in [2.75, 3.05) is 32.6 Å². The molecule has 7 heteroatoms. The smallest absolute Gasteiger partial charge is 0.238 e. The van der Waals surface area contributed by atoms with Crippen molar-refractivity contribution >= 4 is 15.9 Å². The Hall–Kier alpha value is -0.660. The highest BCUT2D eigenvalue weighted by molar-refractivity contribution is 7.89. The number of rotatable bonds is 10. The number of sulfonamides is 1. The van der Waals surface area contributed by atoms with Crippen molar-refractivity contribution in [2.45, 2.75) is 40.2 Å². The van der Waals surface area contributed by atoms with Crippen molar-refractivity contribution in [3.63, 3.8) is 0 Å². The number of nitrogens with one attached hydrogen (secondary N) is 1. The monoisotopic (exact) mass is 308 g/mol. The molecule has 0 saturated carbocycles. The molecule has 0 radical (unpaired) electrons. The third-order valence-corrected chi connectivity index (χ3v) is 4.53. The predicted octanol–water partition coefficient (Wildman–Crippen LogP) is 0.835. The largest absolute Gasteiger partial charge is 0.380 e. The SMILES string of the molecule is CC(C)NCCOCCCS(=O)(=O)N(C)C(=O)C(C)C. The van der Waals surface area contributed by atoms with E-state index in [-0.39, 0.29) is 17.6 Å². The molecule has 120 valence electrons. The minimum absolute atomic E-state index is 0.0699. The summed E-state index contributed by atoms with van der Waals surface area (Å²) in [5.41, 5.74) is 0. The van der Waals surface area contributed by atoms with Gasteiger partial charge in [-0.15, -0.1) is 0 Å². The van der Waals surface area contributed by atoms with Crippen molar-refractivity contribution < 1.29 is 17.9 Å². The average Bonchev–Trinajstić information content (AvgIpc) is 2.35. The van der Waals surface area contributed by atoms with E-state index in [0.29, 0.717) is 25.7 Å². The maximum atomic E-state index is 11.9. The first-order valence-corrected chi connectivity index (χ1v) is 8.61. The van der Waals surface area contributed by atoms with Crippen LogP contribution in [0.1, 0.15) is 34.1 Å². The lowest BCUT2D eigenvalue weighted by Crippen LogP contribution is -2.37. The summed E-state index contributed by atoms with van der Waals surface area (Å²) < 4.78 is 30.0. The van der Waals surface area contributed by atoms with Crippen LogP contribution in [0, 0.1) is 5.92 Å². The lowest BCUT2D eigenvalue weighted by atomic mass is 10.2. The Morgan fingerprint density at radius 2 is 1.80 bits per heavy atom. The van der Waals surface area contributed by atoms with Crippen molar-refractivity contribution in [2.24, 2.45) is 5.92 Å². The van der Waals surface area contributed by atoms with Gasteiger partial charge in [0.05, 0.1) is 12.4 Å². The van der Waals surface area contributed by atoms with Gasteiger partial charge in [0, 0.05) is 32.2 Å². The molecule has 0 heterocycles. The van der Waals surface area contributed by atoms with E-state index >= 15 is 0 Å². The number of carbonyl (C=O) groups excluding carboxylic acids is 1. The van der Waals surface area contributed by atoms with Crippen LogP contribution in [0.5, 0.6) is 0 Å². The average molecular weight is 308 g/mol. The van der Waals surface area contributed by atoms with Crippen LogP contribution in [0.2, 0.25) is 0 Å². The van der Waals surface area contributed by atoms with E-state index in [0.717, 1.165) is 10.8 Å². The van der Waals surface area contributed by atoms with Gasteiger partial charge in [0.15, 0.2) is 0 Å². The minimum Gasteiger partial charge on any atom is -0.380 e. The van der Waals surface area contributed by atoms with E-state index in [1.54, 1.807) is 13.8 Å². The summed E-state index contributed by atoms with van der Waals surface area (Å²) in [6, 6.07) is 0.412. The molecule has 1 N–H and O–H groups in total. The van der Waals surface area contributed by atoms with Gasteiger partial charge in [-0.05, 0) is 6.42 Å². The molecule has 0 aromatic rings. The van der Waals surface area contributed by atoms with E-state index in [2.05, 4.69) is 5.32 Å². The van der Waals surface area contributed by atoms with Crippen LogP contribution in [-0.4, -0.2) is 57.2 Å². The molecule has 0 aromatic heterocycles. The summed E-state index contributed by atoms with van der Waals surface area (Å²) >= 11 is 0. The van der Waals surface area contributed by atoms with E-state index in [9.17, 15) is 13.2 Å². The van der Waals surface area contributed by atoms with E-state index in [1.165, 1.54) is 7.05 Å².